The average molecular weight is 250 g/mol. The molecule has 0 saturated carbocycles. The van der Waals surface area contributed by atoms with Crippen molar-refractivity contribution in [2.45, 2.75) is 25.8 Å². The van der Waals surface area contributed by atoms with Gasteiger partial charge >= 0.3 is 0 Å². The summed E-state index contributed by atoms with van der Waals surface area (Å²) in [6, 6.07) is 5.96. The lowest BCUT2D eigenvalue weighted by molar-refractivity contribution is 0.614. The zero-order valence-corrected chi connectivity index (χ0v) is 10.6. The van der Waals surface area contributed by atoms with Crippen LogP contribution >= 0.6 is 11.5 Å². The normalized spacial score (nSPS) is 20.1. The maximum atomic E-state index is 14.1. The minimum Gasteiger partial charge on any atom is -0.366 e. The van der Waals surface area contributed by atoms with E-state index in [4.69, 9.17) is 0 Å². The van der Waals surface area contributed by atoms with E-state index >= 15 is 0 Å². The van der Waals surface area contributed by atoms with Crippen LogP contribution in [0.15, 0.2) is 23.6 Å². The largest absolute Gasteiger partial charge is 0.366 e. The molecule has 2 heterocycles. The molecule has 1 aromatic carbocycles. The maximum absolute atomic E-state index is 14.1. The maximum Gasteiger partial charge on any atom is 0.147 e. The Labute approximate surface area is 104 Å². The third kappa shape index (κ3) is 1.86. The molecule has 1 atom stereocenters. The van der Waals surface area contributed by atoms with Crippen molar-refractivity contribution in [2.75, 3.05) is 11.4 Å². The lowest BCUT2D eigenvalue weighted by Gasteiger charge is -2.24. The van der Waals surface area contributed by atoms with Crippen molar-refractivity contribution in [1.29, 1.82) is 0 Å². The van der Waals surface area contributed by atoms with Crippen LogP contribution in [-0.2, 0) is 0 Å². The van der Waals surface area contributed by atoms with Crippen molar-refractivity contribution in [3.63, 3.8) is 0 Å². The second kappa shape index (κ2) is 4.18. The first-order valence-electron chi connectivity index (χ1n) is 5.94. The summed E-state index contributed by atoms with van der Waals surface area (Å²) in [6.45, 7) is 3.13. The van der Waals surface area contributed by atoms with E-state index in [1.54, 1.807) is 6.07 Å². The highest BCUT2D eigenvalue weighted by Gasteiger charge is 2.23. The molecule has 2 nitrogen and oxygen atoms in total. The fraction of sp³-hybridized carbons (Fsp3) is 0.385. The highest BCUT2D eigenvalue weighted by molar-refractivity contribution is 7.05. The average Bonchev–Trinajstić information content (AvgIpc) is 2.62. The standard InChI is InChI=1S/C13H15FN2S/c1-9-3-2-6-16(9)13-5-4-10(7-11(13)14)12-8-17-15-12/h4-5,7-9,15H,2-3,6H2,1H3. The summed E-state index contributed by atoms with van der Waals surface area (Å²) < 4.78 is 17.2. The Balaban J connectivity index is 1.93. The van der Waals surface area contributed by atoms with Gasteiger partial charge < -0.3 is 9.27 Å². The van der Waals surface area contributed by atoms with Gasteiger partial charge in [0.1, 0.15) is 5.82 Å². The summed E-state index contributed by atoms with van der Waals surface area (Å²) >= 11 is 1.53. The number of anilines is 1. The van der Waals surface area contributed by atoms with E-state index in [1.807, 2.05) is 17.5 Å². The quantitative estimate of drug-likeness (QED) is 0.857. The molecule has 0 radical (unpaired) electrons. The van der Waals surface area contributed by atoms with Crippen molar-refractivity contribution in [3.05, 3.63) is 29.4 Å². The molecule has 0 spiro atoms. The number of hydrogen-bond acceptors (Lipinski definition) is 2. The van der Waals surface area contributed by atoms with Gasteiger partial charge in [-0.15, -0.1) is 0 Å². The van der Waals surface area contributed by atoms with Crippen molar-refractivity contribution < 1.29 is 4.39 Å². The van der Waals surface area contributed by atoms with Gasteiger partial charge in [-0.05, 0) is 31.9 Å². The third-order valence-electron chi connectivity index (χ3n) is 3.47. The Kier molecular flexibility index (Phi) is 2.67. The first-order valence-corrected chi connectivity index (χ1v) is 6.82. The van der Waals surface area contributed by atoms with Crippen LogP contribution in [0.4, 0.5) is 10.1 Å². The number of aromatic amines is 1. The van der Waals surface area contributed by atoms with E-state index in [0.29, 0.717) is 6.04 Å². The highest BCUT2D eigenvalue weighted by atomic mass is 32.1. The molecule has 0 bridgehead atoms. The molecule has 4 heteroatoms. The summed E-state index contributed by atoms with van der Waals surface area (Å²) in [5.74, 6) is -0.115. The van der Waals surface area contributed by atoms with E-state index in [2.05, 4.69) is 16.2 Å². The fourth-order valence-electron chi connectivity index (χ4n) is 2.44. The monoisotopic (exact) mass is 250 g/mol. The summed E-state index contributed by atoms with van der Waals surface area (Å²) in [4.78, 5) is 2.16. The molecule has 17 heavy (non-hydrogen) atoms. The molecule has 1 N–H and O–H groups in total. The lowest BCUT2D eigenvalue weighted by Crippen LogP contribution is -2.27. The smallest absolute Gasteiger partial charge is 0.147 e. The number of nitrogens with one attached hydrogen (secondary N) is 1. The third-order valence-corrected chi connectivity index (χ3v) is 4.16. The molecule has 1 aliphatic heterocycles. The number of rotatable bonds is 2. The molecule has 3 rings (SSSR count). The molecule has 2 aromatic rings. The Morgan fingerprint density at radius 1 is 1.47 bits per heavy atom. The number of benzene rings is 1. The van der Waals surface area contributed by atoms with Gasteiger partial charge in [-0.2, -0.15) is 0 Å². The van der Waals surface area contributed by atoms with E-state index in [0.717, 1.165) is 36.3 Å². The van der Waals surface area contributed by atoms with Gasteiger partial charge in [0.25, 0.3) is 0 Å². The van der Waals surface area contributed by atoms with Crippen LogP contribution in [0.2, 0.25) is 0 Å². The number of hydrogen-bond donors (Lipinski definition) is 1. The zero-order valence-electron chi connectivity index (χ0n) is 9.74. The van der Waals surface area contributed by atoms with Crippen LogP contribution < -0.4 is 4.90 Å². The summed E-state index contributed by atoms with van der Waals surface area (Å²) in [5.41, 5.74) is 2.68. The number of aromatic nitrogens is 1. The van der Waals surface area contributed by atoms with E-state index in [-0.39, 0.29) is 5.82 Å². The molecule has 0 amide bonds. The van der Waals surface area contributed by atoms with Crippen molar-refractivity contribution >= 4 is 17.2 Å². The van der Waals surface area contributed by atoms with Gasteiger partial charge in [-0.1, -0.05) is 17.6 Å². The van der Waals surface area contributed by atoms with Crippen LogP contribution in [0.5, 0.6) is 0 Å². The van der Waals surface area contributed by atoms with Crippen LogP contribution in [-0.4, -0.2) is 17.0 Å². The first kappa shape index (κ1) is 10.8. The van der Waals surface area contributed by atoms with Gasteiger partial charge in [-0.25, -0.2) is 4.39 Å². The number of halogens is 1. The Morgan fingerprint density at radius 2 is 2.29 bits per heavy atom. The minimum atomic E-state index is -0.115. The molecule has 1 saturated heterocycles. The second-order valence-electron chi connectivity index (χ2n) is 4.60. The predicted octanol–water partition coefficient (Wildman–Crippen LogP) is 3.87. The minimum absolute atomic E-state index is 0.115. The van der Waals surface area contributed by atoms with E-state index < -0.39 is 0 Å². The van der Waals surface area contributed by atoms with E-state index in [9.17, 15) is 4.39 Å². The van der Waals surface area contributed by atoms with Gasteiger partial charge in [0.05, 0.1) is 11.4 Å². The predicted molar refractivity (Wildman–Crippen MR) is 70.1 cm³/mol. The second-order valence-corrected chi connectivity index (χ2v) is 5.28. The Bertz CT molecular complexity index is 508. The molecule has 1 aromatic heterocycles. The van der Waals surface area contributed by atoms with Gasteiger partial charge in [0.2, 0.25) is 0 Å². The van der Waals surface area contributed by atoms with Crippen LogP contribution in [0.3, 0.4) is 0 Å². The van der Waals surface area contributed by atoms with E-state index in [1.165, 1.54) is 11.5 Å². The Morgan fingerprint density at radius 3 is 2.82 bits per heavy atom. The molecular formula is C13H15FN2S. The van der Waals surface area contributed by atoms with Crippen LogP contribution in [0.25, 0.3) is 11.3 Å². The molecule has 1 aliphatic rings. The first-order chi connectivity index (χ1) is 8.25. The summed E-state index contributed by atoms with van der Waals surface area (Å²) in [6.07, 6.45) is 2.32. The van der Waals surface area contributed by atoms with Gasteiger partial charge in [0.15, 0.2) is 0 Å². The number of nitrogens with zero attached hydrogens (tertiary/aromatic N) is 1. The lowest BCUT2D eigenvalue weighted by atomic mass is 10.1. The molecule has 90 valence electrons. The summed E-state index contributed by atoms with van der Waals surface area (Å²) in [5, 5.41) is 1.99. The van der Waals surface area contributed by atoms with Crippen molar-refractivity contribution in [1.82, 2.24) is 4.37 Å². The van der Waals surface area contributed by atoms with Crippen LogP contribution in [0.1, 0.15) is 19.8 Å². The molecule has 1 unspecified atom stereocenters. The molecular weight excluding hydrogens is 235 g/mol. The highest BCUT2D eigenvalue weighted by Crippen LogP contribution is 2.31. The Hall–Kier alpha value is -1.29. The topological polar surface area (TPSA) is 19.0 Å². The number of H-pyrrole nitrogens is 1. The van der Waals surface area contributed by atoms with Gasteiger partial charge in [0, 0.05) is 23.5 Å². The van der Waals surface area contributed by atoms with Gasteiger partial charge in [-0.3, -0.25) is 0 Å². The SMILES string of the molecule is CC1CCCN1c1ccc(-c2cs[nH]2)cc1F. The van der Waals surface area contributed by atoms with Crippen molar-refractivity contribution in [2.24, 2.45) is 0 Å². The molecule has 0 aliphatic carbocycles. The zero-order chi connectivity index (χ0) is 11.8. The summed E-state index contributed by atoms with van der Waals surface area (Å²) in [7, 11) is 0. The molecule has 1 fully saturated rings. The fourth-order valence-corrected chi connectivity index (χ4v) is 2.93. The van der Waals surface area contributed by atoms with Crippen LogP contribution in [0, 0.1) is 5.82 Å². The van der Waals surface area contributed by atoms with Crippen molar-refractivity contribution in [3.8, 4) is 11.3 Å².